The van der Waals surface area contributed by atoms with Crippen LogP contribution in [-0.2, 0) is 23.7 Å². The maximum atomic E-state index is 11.1. The minimum absolute atomic E-state index is 0.201. The molecule has 0 aliphatic rings. The Morgan fingerprint density at radius 1 is 1.11 bits per heavy atom. The van der Waals surface area contributed by atoms with Gasteiger partial charge in [-0.1, -0.05) is 19.9 Å². The van der Waals surface area contributed by atoms with Crippen molar-refractivity contribution in [3.05, 3.63) is 12.2 Å². The van der Waals surface area contributed by atoms with E-state index in [1.807, 2.05) is 0 Å². The molecule has 0 heterocycles. The number of carbonyl (C=O) groups is 1. The van der Waals surface area contributed by atoms with E-state index in [0.717, 1.165) is 19.4 Å². The molecular weight excluding hydrogens is 248 g/mol. The topological polar surface area (TPSA) is 54.0 Å². The Morgan fingerprint density at radius 3 is 2.32 bits per heavy atom. The molecule has 0 saturated carbocycles. The number of esters is 1. The molecule has 0 aromatic rings. The van der Waals surface area contributed by atoms with Gasteiger partial charge in [-0.05, 0) is 20.3 Å². The van der Waals surface area contributed by atoms with E-state index in [1.54, 1.807) is 13.8 Å². The zero-order valence-electron chi connectivity index (χ0n) is 12.3. The van der Waals surface area contributed by atoms with Crippen LogP contribution >= 0.6 is 0 Å². The number of hydrogen-bond acceptors (Lipinski definition) is 5. The molecule has 0 bridgehead atoms. The summed E-state index contributed by atoms with van der Waals surface area (Å²) in [6, 6.07) is 0. The van der Waals surface area contributed by atoms with Crippen LogP contribution in [0.1, 0.15) is 33.6 Å². The lowest BCUT2D eigenvalue weighted by atomic mass is 10.4. The maximum Gasteiger partial charge on any atom is 0.333 e. The van der Waals surface area contributed by atoms with Crippen LogP contribution in [0.4, 0.5) is 0 Å². The standard InChI is InChI=1S/C14H26O5/c1-5-6-7-16-8-9-17-13(4)18-10-11-19-14(15)12(2)3/h13H,2,5-11H2,1,3-4H3. The second-order valence-electron chi connectivity index (χ2n) is 4.19. The smallest absolute Gasteiger partial charge is 0.333 e. The molecule has 1 unspecified atom stereocenters. The van der Waals surface area contributed by atoms with Crippen molar-refractivity contribution in [2.24, 2.45) is 0 Å². The van der Waals surface area contributed by atoms with E-state index in [1.165, 1.54) is 0 Å². The number of unbranched alkanes of at least 4 members (excludes halogenated alkanes) is 1. The molecule has 0 radical (unpaired) electrons. The van der Waals surface area contributed by atoms with Crippen LogP contribution in [0.5, 0.6) is 0 Å². The average molecular weight is 274 g/mol. The third kappa shape index (κ3) is 11.9. The minimum atomic E-state index is -0.401. The van der Waals surface area contributed by atoms with Gasteiger partial charge < -0.3 is 18.9 Å². The van der Waals surface area contributed by atoms with E-state index in [4.69, 9.17) is 18.9 Å². The zero-order chi connectivity index (χ0) is 14.5. The van der Waals surface area contributed by atoms with Crippen LogP contribution in [0.25, 0.3) is 0 Å². The summed E-state index contributed by atoms with van der Waals surface area (Å²) >= 11 is 0. The Balaban J connectivity index is 3.32. The van der Waals surface area contributed by atoms with Crippen molar-refractivity contribution >= 4 is 5.97 Å². The molecule has 0 spiro atoms. The van der Waals surface area contributed by atoms with E-state index < -0.39 is 5.97 Å². The first-order valence-corrected chi connectivity index (χ1v) is 6.71. The largest absolute Gasteiger partial charge is 0.460 e. The molecule has 0 aliphatic carbocycles. The Kier molecular flexibility index (Phi) is 11.6. The van der Waals surface area contributed by atoms with E-state index in [2.05, 4.69) is 13.5 Å². The first-order valence-electron chi connectivity index (χ1n) is 6.71. The molecule has 0 fully saturated rings. The van der Waals surface area contributed by atoms with E-state index in [9.17, 15) is 4.79 Å². The first-order chi connectivity index (χ1) is 9.07. The van der Waals surface area contributed by atoms with Crippen LogP contribution in [0.15, 0.2) is 12.2 Å². The molecule has 0 aromatic heterocycles. The summed E-state index contributed by atoms with van der Waals surface area (Å²) in [7, 11) is 0. The fourth-order valence-corrected chi connectivity index (χ4v) is 1.14. The quantitative estimate of drug-likeness (QED) is 0.236. The van der Waals surface area contributed by atoms with E-state index in [0.29, 0.717) is 25.4 Å². The summed E-state index contributed by atoms with van der Waals surface area (Å²) in [5, 5.41) is 0. The fourth-order valence-electron chi connectivity index (χ4n) is 1.14. The second-order valence-corrected chi connectivity index (χ2v) is 4.19. The number of hydrogen-bond donors (Lipinski definition) is 0. The van der Waals surface area contributed by atoms with Crippen molar-refractivity contribution in [2.45, 2.75) is 39.9 Å². The molecule has 0 rings (SSSR count). The lowest BCUT2D eigenvalue weighted by Gasteiger charge is -2.14. The molecule has 0 aromatic carbocycles. The summed E-state index contributed by atoms with van der Waals surface area (Å²) in [5.74, 6) is -0.401. The average Bonchev–Trinajstić information content (AvgIpc) is 2.38. The highest BCUT2D eigenvalue weighted by Gasteiger charge is 2.05. The van der Waals surface area contributed by atoms with Gasteiger partial charge in [-0.15, -0.1) is 0 Å². The van der Waals surface area contributed by atoms with Gasteiger partial charge in [-0.3, -0.25) is 0 Å². The summed E-state index contributed by atoms with van der Waals surface area (Å²) < 4.78 is 20.9. The van der Waals surface area contributed by atoms with Crippen molar-refractivity contribution in [3.8, 4) is 0 Å². The molecule has 0 amide bonds. The molecule has 0 N–H and O–H groups in total. The minimum Gasteiger partial charge on any atom is -0.460 e. The highest BCUT2D eigenvalue weighted by molar-refractivity contribution is 5.86. The van der Waals surface area contributed by atoms with Crippen LogP contribution < -0.4 is 0 Å². The molecule has 5 heteroatoms. The monoisotopic (exact) mass is 274 g/mol. The predicted octanol–water partition coefficient (Wildman–Crippen LogP) is 2.30. The van der Waals surface area contributed by atoms with Gasteiger partial charge in [0, 0.05) is 12.2 Å². The van der Waals surface area contributed by atoms with Crippen LogP contribution in [0, 0.1) is 0 Å². The van der Waals surface area contributed by atoms with Crippen molar-refractivity contribution in [3.63, 3.8) is 0 Å². The number of rotatable bonds is 12. The SMILES string of the molecule is C=C(C)C(=O)OCCOC(C)OCCOCCCC. The summed E-state index contributed by atoms with van der Waals surface area (Å²) in [6.45, 7) is 11.3. The van der Waals surface area contributed by atoms with E-state index in [-0.39, 0.29) is 12.9 Å². The van der Waals surface area contributed by atoms with Crippen molar-refractivity contribution in [2.75, 3.05) is 33.0 Å². The van der Waals surface area contributed by atoms with E-state index >= 15 is 0 Å². The van der Waals surface area contributed by atoms with Crippen molar-refractivity contribution < 1.29 is 23.7 Å². The summed E-state index contributed by atoms with van der Waals surface area (Å²) in [4.78, 5) is 11.1. The maximum absolute atomic E-state index is 11.1. The number of ether oxygens (including phenoxy) is 4. The summed E-state index contributed by atoms with van der Waals surface area (Å²) in [5.41, 5.74) is 0.383. The number of carbonyl (C=O) groups excluding carboxylic acids is 1. The second kappa shape index (κ2) is 12.1. The lowest BCUT2D eigenvalue weighted by Crippen LogP contribution is -2.20. The zero-order valence-corrected chi connectivity index (χ0v) is 12.3. The lowest BCUT2D eigenvalue weighted by molar-refractivity contribution is -0.157. The van der Waals surface area contributed by atoms with Gasteiger partial charge in [0.2, 0.25) is 0 Å². The Morgan fingerprint density at radius 2 is 1.74 bits per heavy atom. The molecular formula is C14H26O5. The van der Waals surface area contributed by atoms with Gasteiger partial charge >= 0.3 is 5.97 Å². The third-order valence-corrected chi connectivity index (χ3v) is 2.24. The van der Waals surface area contributed by atoms with Crippen LogP contribution in [-0.4, -0.2) is 45.3 Å². The molecule has 0 saturated heterocycles. The molecule has 19 heavy (non-hydrogen) atoms. The van der Waals surface area contributed by atoms with Gasteiger partial charge in [0.1, 0.15) is 6.61 Å². The molecule has 112 valence electrons. The Labute approximate surface area is 115 Å². The Hall–Kier alpha value is -0.910. The van der Waals surface area contributed by atoms with Gasteiger partial charge in [0.25, 0.3) is 0 Å². The first kappa shape index (κ1) is 18.1. The van der Waals surface area contributed by atoms with Crippen LogP contribution in [0.2, 0.25) is 0 Å². The van der Waals surface area contributed by atoms with Gasteiger partial charge in [-0.2, -0.15) is 0 Å². The highest BCUT2D eigenvalue weighted by Crippen LogP contribution is 1.96. The van der Waals surface area contributed by atoms with Gasteiger partial charge in [-0.25, -0.2) is 4.79 Å². The van der Waals surface area contributed by atoms with Crippen LogP contribution in [0.3, 0.4) is 0 Å². The summed E-state index contributed by atoms with van der Waals surface area (Å²) in [6.07, 6.45) is 1.86. The normalized spacial score (nSPS) is 12.2. The van der Waals surface area contributed by atoms with Crippen molar-refractivity contribution in [1.29, 1.82) is 0 Å². The fraction of sp³-hybridized carbons (Fsp3) is 0.786. The third-order valence-electron chi connectivity index (χ3n) is 2.24. The van der Waals surface area contributed by atoms with Crippen molar-refractivity contribution in [1.82, 2.24) is 0 Å². The molecule has 5 nitrogen and oxygen atoms in total. The highest BCUT2D eigenvalue weighted by atomic mass is 16.7. The predicted molar refractivity (Wildman–Crippen MR) is 72.9 cm³/mol. The van der Waals surface area contributed by atoms with Gasteiger partial charge in [0.15, 0.2) is 6.29 Å². The van der Waals surface area contributed by atoms with Gasteiger partial charge in [0.05, 0.1) is 19.8 Å². The Bertz CT molecular complexity index is 252. The molecule has 1 atom stereocenters. The molecule has 0 aliphatic heterocycles.